The summed E-state index contributed by atoms with van der Waals surface area (Å²) in [6, 6.07) is 22.9. The van der Waals surface area contributed by atoms with Crippen molar-refractivity contribution in [1.29, 1.82) is 0 Å². The van der Waals surface area contributed by atoms with Crippen LogP contribution in [0.4, 0.5) is 4.79 Å². The van der Waals surface area contributed by atoms with E-state index in [0.717, 1.165) is 98.6 Å². The van der Waals surface area contributed by atoms with Crippen molar-refractivity contribution in [2.75, 3.05) is 33.9 Å². The number of carboxylic acid groups (broad SMARTS) is 1. The van der Waals surface area contributed by atoms with Crippen molar-refractivity contribution >= 4 is 33.8 Å². The van der Waals surface area contributed by atoms with Gasteiger partial charge in [-0.15, -0.1) is 0 Å². The Morgan fingerprint density at radius 1 is 1.06 bits per heavy atom. The molecule has 2 saturated heterocycles. The molecule has 0 spiro atoms. The number of nitrogens with one attached hydrogen (secondary N) is 3. The number of methoxy groups -OCH3 is 1. The van der Waals surface area contributed by atoms with E-state index in [1.54, 1.807) is 24.1 Å². The standard InChI is InChI=1S/C41H41N7O5/c1-47(41(50)51)37(24-7-4-3-5-8-24)40(49)48-14-6-9-34(48)39-44-31-13-11-25-17-30-28-12-10-26(16-27(28)22-53-35(30)18-29(25)36(31)46-39)33-20-43-38(45-33)32-15-23(19-42-32)21-52-2/h3-5,7-8,10-13,16-18,20,23,32,34,37,42H,6,9,14-15,19,21-22H2,1-2H3,(H,43,45)(H,44,46)(H,50,51)/t23-,32-,34-,37+/m0/s1. The highest BCUT2D eigenvalue weighted by atomic mass is 16.5. The Bertz CT molecular complexity index is 2350. The molecule has 53 heavy (non-hydrogen) atoms. The van der Waals surface area contributed by atoms with E-state index in [1.165, 1.54) is 7.05 Å². The van der Waals surface area contributed by atoms with Gasteiger partial charge in [-0.1, -0.05) is 48.5 Å². The quantitative estimate of drug-likeness (QED) is 0.132. The number of fused-ring (bicyclic) bond motifs is 6. The summed E-state index contributed by atoms with van der Waals surface area (Å²) < 4.78 is 11.7. The Morgan fingerprint density at radius 3 is 2.75 bits per heavy atom. The Hall–Kier alpha value is -5.72. The van der Waals surface area contributed by atoms with Gasteiger partial charge in [-0.3, -0.25) is 9.69 Å². The minimum absolute atomic E-state index is 0.194. The molecule has 0 bridgehead atoms. The van der Waals surface area contributed by atoms with Crippen molar-refractivity contribution in [3.63, 3.8) is 0 Å². The number of amides is 2. The largest absolute Gasteiger partial charge is 0.488 e. The zero-order valence-corrected chi connectivity index (χ0v) is 29.6. The smallest absolute Gasteiger partial charge is 0.407 e. The number of benzene rings is 4. The number of carbonyl (C=O) groups excluding carboxylic acids is 1. The molecule has 270 valence electrons. The van der Waals surface area contributed by atoms with Crippen LogP contribution in [0.3, 0.4) is 0 Å². The molecule has 0 radical (unpaired) electrons. The van der Waals surface area contributed by atoms with Crippen LogP contribution in [-0.4, -0.2) is 80.7 Å². The maximum atomic E-state index is 14.1. The van der Waals surface area contributed by atoms with Crippen molar-refractivity contribution < 1.29 is 24.2 Å². The number of aromatic nitrogens is 4. The van der Waals surface area contributed by atoms with Crippen LogP contribution in [0.15, 0.2) is 79.0 Å². The molecule has 2 fully saturated rings. The molecular weight excluding hydrogens is 670 g/mol. The molecule has 12 nitrogen and oxygen atoms in total. The van der Waals surface area contributed by atoms with E-state index >= 15 is 0 Å². The molecule has 0 unspecified atom stereocenters. The maximum Gasteiger partial charge on any atom is 0.407 e. The molecule has 2 amide bonds. The van der Waals surface area contributed by atoms with Crippen molar-refractivity contribution in [1.82, 2.24) is 35.1 Å². The van der Waals surface area contributed by atoms with E-state index in [1.807, 2.05) is 30.5 Å². The first-order valence-electron chi connectivity index (χ1n) is 18.2. The summed E-state index contributed by atoms with van der Waals surface area (Å²) in [4.78, 5) is 45.9. The Kier molecular flexibility index (Phi) is 8.35. The zero-order valence-electron chi connectivity index (χ0n) is 29.6. The van der Waals surface area contributed by atoms with E-state index in [0.29, 0.717) is 30.5 Å². The summed E-state index contributed by atoms with van der Waals surface area (Å²) in [6.45, 7) is 2.64. The molecule has 3 aliphatic heterocycles. The average Bonchev–Trinajstić information content (AvgIpc) is 4.01. The van der Waals surface area contributed by atoms with Crippen LogP contribution in [0.1, 0.15) is 60.2 Å². The van der Waals surface area contributed by atoms with Gasteiger partial charge in [-0.2, -0.15) is 0 Å². The summed E-state index contributed by atoms with van der Waals surface area (Å²) >= 11 is 0. The summed E-state index contributed by atoms with van der Waals surface area (Å²) in [6.07, 6.45) is 3.27. The number of hydrogen-bond donors (Lipinski definition) is 4. The van der Waals surface area contributed by atoms with E-state index in [2.05, 4.69) is 51.7 Å². The third kappa shape index (κ3) is 5.87. The maximum absolute atomic E-state index is 14.1. The first-order chi connectivity index (χ1) is 25.9. The highest BCUT2D eigenvalue weighted by molar-refractivity contribution is 6.07. The highest BCUT2D eigenvalue weighted by Gasteiger charge is 2.39. The second-order valence-electron chi connectivity index (χ2n) is 14.4. The van der Waals surface area contributed by atoms with Crippen molar-refractivity contribution in [3.05, 3.63) is 102 Å². The number of hydrogen-bond acceptors (Lipinski definition) is 7. The Labute approximate surface area is 306 Å². The third-order valence-corrected chi connectivity index (χ3v) is 11.1. The number of imidazole rings is 2. The minimum atomic E-state index is -1.16. The predicted molar refractivity (Wildman–Crippen MR) is 200 cm³/mol. The van der Waals surface area contributed by atoms with Gasteiger partial charge < -0.3 is 34.8 Å². The molecule has 9 rings (SSSR count). The molecule has 4 N–H and O–H groups in total. The van der Waals surface area contributed by atoms with Gasteiger partial charge in [0.25, 0.3) is 5.91 Å². The normalized spacial score (nSPS) is 20.0. The van der Waals surface area contributed by atoms with Gasteiger partial charge in [0.15, 0.2) is 0 Å². The molecule has 2 aromatic heterocycles. The van der Waals surface area contributed by atoms with E-state index in [-0.39, 0.29) is 18.0 Å². The summed E-state index contributed by atoms with van der Waals surface area (Å²) in [7, 11) is 3.19. The summed E-state index contributed by atoms with van der Waals surface area (Å²) in [5.74, 6) is 2.68. The molecule has 4 atom stereocenters. The number of H-pyrrole nitrogens is 2. The minimum Gasteiger partial charge on any atom is -0.488 e. The number of likely N-dealkylation sites (N-methyl/N-ethyl adjacent to an activating group) is 1. The van der Waals surface area contributed by atoms with Crippen molar-refractivity contribution in [2.24, 2.45) is 5.92 Å². The van der Waals surface area contributed by atoms with Crippen molar-refractivity contribution in [2.45, 2.75) is 44.0 Å². The molecule has 0 aliphatic carbocycles. The molecule has 3 aliphatic rings. The van der Waals surface area contributed by atoms with Crippen LogP contribution >= 0.6 is 0 Å². The second-order valence-corrected chi connectivity index (χ2v) is 14.4. The van der Waals surface area contributed by atoms with E-state index in [9.17, 15) is 14.7 Å². The first kappa shape index (κ1) is 33.1. The number of ether oxygens (including phenoxy) is 2. The summed E-state index contributed by atoms with van der Waals surface area (Å²) in [5.41, 5.74) is 7.65. The molecule has 12 heteroatoms. The number of aromatic amines is 2. The SMILES string of the molecule is COC[C@@H]1CN[C@H](c2ncc(-c3ccc4c(c3)COc3cc5c(ccc6[nH]c([C@@H]7CCCN7C(=O)[C@@H](c7ccccc7)N(C)C(=O)O)nc65)cc3-4)[nH]2)C1. The Morgan fingerprint density at radius 2 is 1.92 bits per heavy atom. The fourth-order valence-electron chi connectivity index (χ4n) is 8.42. The average molecular weight is 712 g/mol. The zero-order chi connectivity index (χ0) is 36.2. The molecule has 4 aromatic carbocycles. The first-order valence-corrected chi connectivity index (χ1v) is 18.2. The number of rotatable bonds is 8. The van der Waals surface area contributed by atoms with Gasteiger partial charge in [-0.05, 0) is 77.1 Å². The number of likely N-dealkylation sites (tertiary alicyclic amines) is 1. The number of carbonyl (C=O) groups is 2. The van der Waals surface area contributed by atoms with Crippen LogP contribution in [0, 0.1) is 5.92 Å². The van der Waals surface area contributed by atoms with Crippen LogP contribution in [-0.2, 0) is 16.1 Å². The second kappa shape index (κ2) is 13.4. The lowest BCUT2D eigenvalue weighted by Gasteiger charge is -2.32. The number of nitrogens with zero attached hydrogens (tertiary/aromatic N) is 4. The molecular formula is C41H41N7O5. The summed E-state index contributed by atoms with van der Waals surface area (Å²) in [5, 5.41) is 15.4. The van der Waals surface area contributed by atoms with Crippen LogP contribution in [0.5, 0.6) is 5.75 Å². The molecule has 0 saturated carbocycles. The predicted octanol–water partition coefficient (Wildman–Crippen LogP) is 6.98. The van der Waals surface area contributed by atoms with Gasteiger partial charge in [0.2, 0.25) is 0 Å². The lowest BCUT2D eigenvalue weighted by molar-refractivity contribution is -0.137. The Balaban J connectivity index is 0.995. The molecule has 5 heterocycles. The van der Waals surface area contributed by atoms with Gasteiger partial charge in [0.05, 0.1) is 41.6 Å². The van der Waals surface area contributed by atoms with E-state index < -0.39 is 12.1 Å². The fourth-order valence-corrected chi connectivity index (χ4v) is 8.42. The monoisotopic (exact) mass is 711 g/mol. The van der Waals surface area contributed by atoms with Gasteiger partial charge >= 0.3 is 6.09 Å². The fraction of sp³-hybridized carbons (Fsp3) is 0.317. The van der Waals surface area contributed by atoms with Gasteiger partial charge in [0, 0.05) is 38.2 Å². The van der Waals surface area contributed by atoms with Crippen molar-refractivity contribution in [3.8, 4) is 28.1 Å². The highest BCUT2D eigenvalue weighted by Crippen LogP contribution is 2.43. The van der Waals surface area contributed by atoms with Gasteiger partial charge in [-0.25, -0.2) is 14.8 Å². The molecule has 6 aromatic rings. The van der Waals surface area contributed by atoms with Crippen LogP contribution < -0.4 is 10.1 Å². The lowest BCUT2D eigenvalue weighted by Crippen LogP contribution is -2.43. The topological polar surface area (TPSA) is 149 Å². The van der Waals surface area contributed by atoms with Gasteiger partial charge in [0.1, 0.15) is 30.0 Å². The third-order valence-electron chi connectivity index (χ3n) is 11.1. The van der Waals surface area contributed by atoms with E-state index in [4.69, 9.17) is 19.4 Å². The van der Waals surface area contributed by atoms with Crippen LogP contribution in [0.2, 0.25) is 0 Å². The van der Waals surface area contributed by atoms with Crippen LogP contribution in [0.25, 0.3) is 44.2 Å². The lowest BCUT2D eigenvalue weighted by atomic mass is 9.92.